The summed E-state index contributed by atoms with van der Waals surface area (Å²) in [5, 5.41) is 8.63. The molecule has 0 aromatic rings. The molecule has 0 spiro atoms. The first-order chi connectivity index (χ1) is 7.09. The minimum atomic E-state index is -0.867. The Kier molecular flexibility index (Phi) is 4.59. The standard InChI is InChI=1S/C11H19NO3/c1-12(11(14)15)8-2-3-9-4-6-10(13)7-5-9/h9H,2-8H2,1H3,(H,14,15). The van der Waals surface area contributed by atoms with Crippen LogP contribution < -0.4 is 0 Å². The van der Waals surface area contributed by atoms with Crippen molar-refractivity contribution in [2.75, 3.05) is 13.6 Å². The second-order valence-corrected chi connectivity index (χ2v) is 4.33. The van der Waals surface area contributed by atoms with E-state index in [9.17, 15) is 9.59 Å². The van der Waals surface area contributed by atoms with E-state index in [-0.39, 0.29) is 0 Å². The molecule has 0 aliphatic heterocycles. The highest BCUT2D eigenvalue weighted by Crippen LogP contribution is 2.25. The molecule has 4 heteroatoms. The summed E-state index contributed by atoms with van der Waals surface area (Å²) >= 11 is 0. The molecule has 0 heterocycles. The molecule has 1 fully saturated rings. The number of carboxylic acid groups (broad SMARTS) is 1. The van der Waals surface area contributed by atoms with Crippen molar-refractivity contribution in [3.63, 3.8) is 0 Å². The fourth-order valence-corrected chi connectivity index (χ4v) is 2.00. The summed E-state index contributed by atoms with van der Waals surface area (Å²) < 4.78 is 0. The summed E-state index contributed by atoms with van der Waals surface area (Å²) in [6.07, 6.45) is 4.52. The van der Waals surface area contributed by atoms with Gasteiger partial charge in [-0.2, -0.15) is 0 Å². The van der Waals surface area contributed by atoms with Crippen molar-refractivity contribution in [3.8, 4) is 0 Å². The van der Waals surface area contributed by atoms with Gasteiger partial charge in [-0.3, -0.25) is 4.79 Å². The Morgan fingerprint density at radius 1 is 1.47 bits per heavy atom. The van der Waals surface area contributed by atoms with E-state index in [1.54, 1.807) is 7.05 Å². The number of carbonyl (C=O) groups excluding carboxylic acids is 1. The van der Waals surface area contributed by atoms with Crippen LogP contribution in [0.3, 0.4) is 0 Å². The fraction of sp³-hybridized carbons (Fsp3) is 0.818. The Labute approximate surface area is 90.3 Å². The van der Waals surface area contributed by atoms with E-state index in [0.29, 0.717) is 18.2 Å². The maximum absolute atomic E-state index is 11.0. The van der Waals surface area contributed by atoms with Crippen LogP contribution in [-0.2, 0) is 4.79 Å². The summed E-state index contributed by atoms with van der Waals surface area (Å²) in [4.78, 5) is 22.8. The van der Waals surface area contributed by atoms with Crippen LogP contribution in [-0.4, -0.2) is 35.5 Å². The zero-order valence-electron chi connectivity index (χ0n) is 9.24. The Morgan fingerprint density at radius 2 is 2.07 bits per heavy atom. The number of hydrogen-bond acceptors (Lipinski definition) is 2. The summed E-state index contributed by atoms with van der Waals surface area (Å²) in [6, 6.07) is 0. The quantitative estimate of drug-likeness (QED) is 0.778. The van der Waals surface area contributed by atoms with Crippen LogP contribution in [0.5, 0.6) is 0 Å². The lowest BCUT2D eigenvalue weighted by Crippen LogP contribution is -2.26. The Balaban J connectivity index is 2.10. The van der Waals surface area contributed by atoms with Crippen molar-refractivity contribution >= 4 is 11.9 Å². The fourth-order valence-electron chi connectivity index (χ4n) is 2.00. The van der Waals surface area contributed by atoms with Gasteiger partial charge in [0.2, 0.25) is 0 Å². The van der Waals surface area contributed by atoms with Gasteiger partial charge in [0.25, 0.3) is 0 Å². The second kappa shape index (κ2) is 5.73. The Morgan fingerprint density at radius 3 is 2.60 bits per heavy atom. The van der Waals surface area contributed by atoms with Crippen LogP contribution in [0.4, 0.5) is 4.79 Å². The molecule has 0 radical (unpaired) electrons. The van der Waals surface area contributed by atoms with Crippen LogP contribution in [0.1, 0.15) is 38.5 Å². The van der Waals surface area contributed by atoms with Crippen LogP contribution in [0.2, 0.25) is 0 Å². The molecule has 0 bridgehead atoms. The number of ketones is 1. The van der Waals surface area contributed by atoms with E-state index in [0.717, 1.165) is 38.5 Å². The molecular weight excluding hydrogens is 194 g/mol. The number of amides is 1. The molecule has 0 atom stereocenters. The molecule has 0 aromatic carbocycles. The van der Waals surface area contributed by atoms with Crippen LogP contribution >= 0.6 is 0 Å². The molecule has 1 N–H and O–H groups in total. The van der Waals surface area contributed by atoms with Crippen molar-refractivity contribution in [3.05, 3.63) is 0 Å². The van der Waals surface area contributed by atoms with Crippen molar-refractivity contribution in [1.82, 2.24) is 4.90 Å². The van der Waals surface area contributed by atoms with Crippen molar-refractivity contribution < 1.29 is 14.7 Å². The van der Waals surface area contributed by atoms with Crippen LogP contribution in [0.25, 0.3) is 0 Å². The molecule has 1 aliphatic rings. The zero-order valence-corrected chi connectivity index (χ0v) is 9.24. The molecule has 15 heavy (non-hydrogen) atoms. The molecule has 4 nitrogen and oxygen atoms in total. The van der Waals surface area contributed by atoms with E-state index < -0.39 is 6.09 Å². The lowest BCUT2D eigenvalue weighted by atomic mass is 9.85. The molecule has 1 amide bonds. The van der Waals surface area contributed by atoms with Crippen molar-refractivity contribution in [1.29, 1.82) is 0 Å². The molecule has 0 unspecified atom stereocenters. The maximum Gasteiger partial charge on any atom is 0.407 e. The number of rotatable bonds is 4. The highest BCUT2D eigenvalue weighted by molar-refractivity contribution is 5.78. The van der Waals surface area contributed by atoms with Gasteiger partial charge in [-0.1, -0.05) is 0 Å². The first-order valence-electron chi connectivity index (χ1n) is 5.55. The van der Waals surface area contributed by atoms with E-state index in [1.807, 2.05) is 0 Å². The number of hydrogen-bond donors (Lipinski definition) is 1. The van der Waals surface area contributed by atoms with Gasteiger partial charge >= 0.3 is 6.09 Å². The van der Waals surface area contributed by atoms with Gasteiger partial charge in [0.05, 0.1) is 0 Å². The van der Waals surface area contributed by atoms with Crippen LogP contribution in [0, 0.1) is 5.92 Å². The number of nitrogens with zero attached hydrogens (tertiary/aromatic N) is 1. The number of carbonyl (C=O) groups is 2. The summed E-state index contributed by atoms with van der Waals surface area (Å²) in [7, 11) is 1.59. The molecule has 0 aromatic heterocycles. The van der Waals surface area contributed by atoms with E-state index in [1.165, 1.54) is 4.90 Å². The minimum Gasteiger partial charge on any atom is -0.465 e. The second-order valence-electron chi connectivity index (χ2n) is 4.33. The maximum atomic E-state index is 11.0. The van der Waals surface area contributed by atoms with Crippen molar-refractivity contribution in [2.24, 2.45) is 5.92 Å². The third kappa shape index (κ3) is 4.32. The Bertz CT molecular complexity index is 230. The van der Waals surface area contributed by atoms with E-state index in [2.05, 4.69) is 0 Å². The monoisotopic (exact) mass is 213 g/mol. The third-order valence-corrected chi connectivity index (χ3v) is 3.10. The average molecular weight is 213 g/mol. The first-order valence-corrected chi connectivity index (χ1v) is 5.55. The smallest absolute Gasteiger partial charge is 0.407 e. The third-order valence-electron chi connectivity index (χ3n) is 3.10. The largest absolute Gasteiger partial charge is 0.465 e. The molecule has 1 aliphatic carbocycles. The van der Waals surface area contributed by atoms with Gasteiger partial charge in [-0.15, -0.1) is 0 Å². The lowest BCUT2D eigenvalue weighted by Gasteiger charge is -2.21. The first kappa shape index (κ1) is 12.0. The highest BCUT2D eigenvalue weighted by Gasteiger charge is 2.18. The molecule has 86 valence electrons. The van der Waals surface area contributed by atoms with E-state index >= 15 is 0 Å². The predicted octanol–water partition coefficient (Wildman–Crippen LogP) is 2.14. The van der Waals surface area contributed by atoms with Gasteiger partial charge in [-0.25, -0.2) is 4.79 Å². The van der Waals surface area contributed by atoms with Gasteiger partial charge < -0.3 is 10.0 Å². The van der Waals surface area contributed by atoms with Gasteiger partial charge in [-0.05, 0) is 31.6 Å². The molecular formula is C11H19NO3. The molecule has 0 saturated heterocycles. The van der Waals surface area contributed by atoms with Crippen molar-refractivity contribution in [2.45, 2.75) is 38.5 Å². The molecule has 1 rings (SSSR count). The topological polar surface area (TPSA) is 57.6 Å². The van der Waals surface area contributed by atoms with Gasteiger partial charge in [0.15, 0.2) is 0 Å². The zero-order chi connectivity index (χ0) is 11.3. The van der Waals surface area contributed by atoms with Crippen LogP contribution in [0.15, 0.2) is 0 Å². The number of Topliss-reactive ketones (excluding diaryl/α,β-unsaturated/α-hetero) is 1. The Hall–Kier alpha value is -1.06. The molecule has 1 saturated carbocycles. The highest BCUT2D eigenvalue weighted by atomic mass is 16.4. The van der Waals surface area contributed by atoms with Gasteiger partial charge in [0.1, 0.15) is 5.78 Å². The van der Waals surface area contributed by atoms with E-state index in [4.69, 9.17) is 5.11 Å². The SMILES string of the molecule is CN(CCCC1CCC(=O)CC1)C(=O)O. The minimum absolute atomic E-state index is 0.383. The predicted molar refractivity (Wildman–Crippen MR) is 56.9 cm³/mol. The normalized spacial score (nSPS) is 17.8. The summed E-state index contributed by atoms with van der Waals surface area (Å²) in [6.45, 7) is 0.597. The van der Waals surface area contributed by atoms with Gasteiger partial charge in [0, 0.05) is 26.4 Å². The summed E-state index contributed by atoms with van der Waals surface area (Å²) in [5.74, 6) is 1.01. The average Bonchev–Trinajstić information content (AvgIpc) is 2.20. The lowest BCUT2D eigenvalue weighted by molar-refractivity contribution is -0.121. The summed E-state index contributed by atoms with van der Waals surface area (Å²) in [5.41, 5.74) is 0.